The van der Waals surface area contributed by atoms with Crippen LogP contribution in [-0.2, 0) is 0 Å². The summed E-state index contributed by atoms with van der Waals surface area (Å²) in [6, 6.07) is 72.7. The molecule has 0 aromatic heterocycles. The molecule has 0 saturated heterocycles. The normalized spacial score (nSPS) is 15.8. The third-order valence-corrected chi connectivity index (χ3v) is 11.9. The minimum absolute atomic E-state index is 0.377. The molecule has 2 heteroatoms. The largest absolute Gasteiger partial charge is 0.311 e. The van der Waals surface area contributed by atoms with E-state index in [1.165, 1.54) is 49.9 Å². The summed E-state index contributed by atoms with van der Waals surface area (Å²) in [5, 5.41) is 2.44. The third kappa shape index (κ3) is 7.52. The summed E-state index contributed by atoms with van der Waals surface area (Å²) in [6.07, 6.45) is 17.9. The number of anilines is 5. The molecule has 0 aliphatic heterocycles. The second-order valence-corrected chi connectivity index (χ2v) is 15.6. The number of para-hydroxylation sites is 2. The highest BCUT2D eigenvalue weighted by Crippen LogP contribution is 2.44. The minimum atomic E-state index is 0.377. The first-order chi connectivity index (χ1) is 29.8. The lowest BCUT2D eigenvalue weighted by Gasteiger charge is -2.29. The van der Waals surface area contributed by atoms with Crippen LogP contribution < -0.4 is 9.80 Å². The van der Waals surface area contributed by atoms with Gasteiger partial charge in [-0.2, -0.15) is 0 Å². The molecule has 0 amide bonds. The lowest BCUT2D eigenvalue weighted by Crippen LogP contribution is -2.17. The standard InChI is InChI=1S/C58H46N2/c1-4-15-43(16-5-1)46-31-37-52(38-32-46)59(53-39-33-47(34-40-53)44-17-6-2-7-18-44)54-41-35-48(36-42-54)45-27-29-50(30-28-45)56-24-12-13-25-57(56)60(51-21-8-3-9-22-51)58-26-14-20-49-19-10-11-23-55(49)58/h1-17,19-31,33-42,44,46H,18,32H2/t44?,46-/m1/s1. The van der Waals surface area contributed by atoms with Gasteiger partial charge >= 0.3 is 0 Å². The number of allylic oxidation sites excluding steroid dienone is 7. The molecular weight excluding hydrogens is 725 g/mol. The average molecular weight is 771 g/mol. The van der Waals surface area contributed by atoms with Crippen molar-refractivity contribution in [2.45, 2.75) is 24.7 Å². The van der Waals surface area contributed by atoms with E-state index in [0.717, 1.165) is 41.3 Å². The van der Waals surface area contributed by atoms with E-state index in [0.29, 0.717) is 11.8 Å². The Bertz CT molecular complexity index is 2840. The molecule has 1 unspecified atom stereocenters. The van der Waals surface area contributed by atoms with E-state index in [4.69, 9.17) is 0 Å². The summed E-state index contributed by atoms with van der Waals surface area (Å²) in [5.74, 6) is 0.798. The third-order valence-electron chi connectivity index (χ3n) is 11.9. The van der Waals surface area contributed by atoms with Crippen molar-refractivity contribution in [2.24, 2.45) is 0 Å². The Morgan fingerprint density at radius 1 is 0.383 bits per heavy atom. The maximum atomic E-state index is 2.40. The number of hydrogen-bond donors (Lipinski definition) is 0. The SMILES string of the molecule is C1=CCC(c2ccc(N(C3=CC[C@H](c4ccccc4)C=C3)c3ccc(-c4ccc(-c5ccccc5N(c5ccccc5)c5cccc6ccccc56)cc4)cc3)cc2)C=C1. The van der Waals surface area contributed by atoms with Crippen molar-refractivity contribution < 1.29 is 0 Å². The van der Waals surface area contributed by atoms with E-state index in [-0.39, 0.29) is 0 Å². The molecule has 0 fully saturated rings. The fourth-order valence-corrected chi connectivity index (χ4v) is 8.81. The summed E-state index contributed by atoms with van der Waals surface area (Å²) in [6.45, 7) is 0. The first-order valence-corrected chi connectivity index (χ1v) is 21.1. The lowest BCUT2D eigenvalue weighted by molar-refractivity contribution is 0.839. The van der Waals surface area contributed by atoms with Gasteiger partial charge in [-0.15, -0.1) is 0 Å². The highest BCUT2D eigenvalue weighted by molar-refractivity contribution is 6.01. The van der Waals surface area contributed by atoms with Crippen molar-refractivity contribution in [3.05, 3.63) is 260 Å². The van der Waals surface area contributed by atoms with Crippen LogP contribution in [0.15, 0.2) is 248 Å². The molecule has 0 radical (unpaired) electrons. The van der Waals surface area contributed by atoms with Crippen LogP contribution in [0.5, 0.6) is 0 Å². The van der Waals surface area contributed by atoms with E-state index in [2.05, 4.69) is 253 Å². The van der Waals surface area contributed by atoms with Crippen LogP contribution in [0, 0.1) is 0 Å². The predicted molar refractivity (Wildman–Crippen MR) is 255 cm³/mol. The van der Waals surface area contributed by atoms with Crippen LogP contribution in [0.1, 0.15) is 35.8 Å². The topological polar surface area (TPSA) is 6.48 Å². The summed E-state index contributed by atoms with van der Waals surface area (Å²) in [4.78, 5) is 4.79. The Morgan fingerprint density at radius 2 is 0.950 bits per heavy atom. The molecule has 0 heterocycles. The number of nitrogens with zero attached hydrogens (tertiary/aromatic N) is 2. The molecule has 2 nitrogen and oxygen atoms in total. The van der Waals surface area contributed by atoms with Gasteiger partial charge in [0.1, 0.15) is 0 Å². The van der Waals surface area contributed by atoms with E-state index in [1.54, 1.807) is 0 Å². The summed E-state index contributed by atoms with van der Waals surface area (Å²) < 4.78 is 0. The zero-order chi connectivity index (χ0) is 40.1. The smallest absolute Gasteiger partial charge is 0.0540 e. The summed E-state index contributed by atoms with van der Waals surface area (Å²) >= 11 is 0. The van der Waals surface area contributed by atoms with Crippen LogP contribution in [0.2, 0.25) is 0 Å². The van der Waals surface area contributed by atoms with Gasteiger partial charge in [-0.1, -0.05) is 188 Å². The molecule has 10 rings (SSSR count). The van der Waals surface area contributed by atoms with Crippen LogP contribution in [-0.4, -0.2) is 0 Å². The highest BCUT2D eigenvalue weighted by atomic mass is 15.2. The van der Waals surface area contributed by atoms with E-state index >= 15 is 0 Å². The van der Waals surface area contributed by atoms with Gasteiger partial charge in [0, 0.05) is 45.5 Å². The molecule has 2 aliphatic carbocycles. The Balaban J connectivity index is 0.957. The minimum Gasteiger partial charge on any atom is -0.311 e. The first kappa shape index (κ1) is 36.9. The molecule has 0 bridgehead atoms. The number of hydrogen-bond acceptors (Lipinski definition) is 2. The molecule has 8 aromatic rings. The second kappa shape index (κ2) is 16.8. The molecule has 0 saturated carbocycles. The van der Waals surface area contributed by atoms with Crippen molar-refractivity contribution in [3.8, 4) is 22.3 Å². The van der Waals surface area contributed by atoms with E-state index in [1.807, 2.05) is 0 Å². The van der Waals surface area contributed by atoms with Crippen LogP contribution in [0.25, 0.3) is 33.0 Å². The van der Waals surface area contributed by atoms with Crippen molar-refractivity contribution in [1.29, 1.82) is 0 Å². The zero-order valence-corrected chi connectivity index (χ0v) is 33.6. The van der Waals surface area contributed by atoms with Gasteiger partial charge < -0.3 is 9.80 Å². The molecule has 2 aliphatic rings. The summed E-state index contributed by atoms with van der Waals surface area (Å²) in [5.41, 5.74) is 14.3. The molecule has 2 atom stereocenters. The molecule has 60 heavy (non-hydrogen) atoms. The second-order valence-electron chi connectivity index (χ2n) is 15.6. The lowest BCUT2D eigenvalue weighted by atomic mass is 9.91. The monoisotopic (exact) mass is 770 g/mol. The van der Waals surface area contributed by atoms with E-state index < -0.39 is 0 Å². The average Bonchev–Trinajstić information content (AvgIpc) is 3.34. The maximum absolute atomic E-state index is 2.40. The predicted octanol–water partition coefficient (Wildman–Crippen LogP) is 16.0. The molecule has 0 N–H and O–H groups in total. The highest BCUT2D eigenvalue weighted by Gasteiger charge is 2.21. The van der Waals surface area contributed by atoms with Gasteiger partial charge in [-0.3, -0.25) is 0 Å². The Kier molecular flexibility index (Phi) is 10.3. The van der Waals surface area contributed by atoms with Crippen molar-refractivity contribution in [3.63, 3.8) is 0 Å². The van der Waals surface area contributed by atoms with Crippen LogP contribution in [0.3, 0.4) is 0 Å². The zero-order valence-electron chi connectivity index (χ0n) is 33.6. The van der Waals surface area contributed by atoms with Gasteiger partial charge in [-0.25, -0.2) is 0 Å². The maximum Gasteiger partial charge on any atom is 0.0540 e. The molecule has 288 valence electrons. The Morgan fingerprint density at radius 3 is 1.67 bits per heavy atom. The van der Waals surface area contributed by atoms with Gasteiger partial charge in [0.25, 0.3) is 0 Å². The molecule has 0 spiro atoms. The first-order valence-electron chi connectivity index (χ1n) is 21.1. The van der Waals surface area contributed by atoms with Crippen molar-refractivity contribution in [2.75, 3.05) is 9.80 Å². The van der Waals surface area contributed by atoms with Gasteiger partial charge in [0.2, 0.25) is 0 Å². The van der Waals surface area contributed by atoms with E-state index in [9.17, 15) is 0 Å². The fourth-order valence-electron chi connectivity index (χ4n) is 8.81. The molecule has 8 aromatic carbocycles. The Labute approximate surface area is 354 Å². The van der Waals surface area contributed by atoms with Crippen LogP contribution in [0.4, 0.5) is 28.4 Å². The number of benzene rings is 8. The van der Waals surface area contributed by atoms with Crippen LogP contribution >= 0.6 is 0 Å². The van der Waals surface area contributed by atoms with Gasteiger partial charge in [-0.05, 0) is 101 Å². The van der Waals surface area contributed by atoms with Crippen molar-refractivity contribution in [1.82, 2.24) is 0 Å². The summed E-state index contributed by atoms with van der Waals surface area (Å²) in [7, 11) is 0. The van der Waals surface area contributed by atoms with Gasteiger partial charge in [0.05, 0.1) is 11.4 Å². The molecular formula is C58H46N2. The quantitative estimate of drug-likeness (QED) is 0.137. The van der Waals surface area contributed by atoms with Gasteiger partial charge in [0.15, 0.2) is 0 Å². The number of fused-ring (bicyclic) bond motifs is 1. The fraction of sp³-hybridized carbons (Fsp3) is 0.0690. The number of rotatable bonds is 10. The Hall–Kier alpha value is -7.42. The van der Waals surface area contributed by atoms with Crippen molar-refractivity contribution >= 4 is 39.2 Å².